The molecule has 1 aromatic carbocycles. The molecule has 3 nitrogen and oxygen atoms in total. The molecule has 19 heavy (non-hydrogen) atoms. The van der Waals surface area contributed by atoms with Gasteiger partial charge in [-0.05, 0) is 29.0 Å². The van der Waals surface area contributed by atoms with Gasteiger partial charge in [0, 0.05) is 17.3 Å². The molecule has 0 spiro atoms. The SMILES string of the molecule is O=C(O)[C@@H]1C[C@H](c2cc(-c3ccccc3)cs2)CN1. The summed E-state index contributed by atoms with van der Waals surface area (Å²) >= 11 is 1.72. The minimum Gasteiger partial charge on any atom is -0.480 e. The Bertz CT molecular complexity index is 579. The lowest BCUT2D eigenvalue weighted by molar-refractivity contribution is -0.139. The summed E-state index contributed by atoms with van der Waals surface area (Å²) in [6.45, 7) is 0.756. The largest absolute Gasteiger partial charge is 0.480 e. The molecule has 0 bridgehead atoms. The van der Waals surface area contributed by atoms with Gasteiger partial charge in [0.15, 0.2) is 0 Å². The fraction of sp³-hybridized carbons (Fsp3) is 0.267. The lowest BCUT2D eigenvalue weighted by Gasteiger charge is -2.04. The van der Waals surface area contributed by atoms with Crippen molar-refractivity contribution >= 4 is 17.3 Å². The van der Waals surface area contributed by atoms with Gasteiger partial charge in [-0.3, -0.25) is 4.79 Å². The fourth-order valence-corrected chi connectivity index (χ4v) is 3.52. The Hall–Kier alpha value is -1.65. The van der Waals surface area contributed by atoms with E-state index < -0.39 is 12.0 Å². The van der Waals surface area contributed by atoms with Crippen LogP contribution < -0.4 is 5.32 Å². The lowest BCUT2D eigenvalue weighted by Crippen LogP contribution is -2.29. The zero-order valence-electron chi connectivity index (χ0n) is 10.4. The summed E-state index contributed by atoms with van der Waals surface area (Å²) in [5, 5.41) is 14.2. The molecule has 3 rings (SSSR count). The lowest BCUT2D eigenvalue weighted by atomic mass is 10.0. The van der Waals surface area contributed by atoms with Gasteiger partial charge in [0.25, 0.3) is 0 Å². The molecule has 4 heteroatoms. The average molecular weight is 273 g/mol. The van der Waals surface area contributed by atoms with Crippen molar-refractivity contribution in [3.05, 3.63) is 46.7 Å². The van der Waals surface area contributed by atoms with Gasteiger partial charge in [0.1, 0.15) is 6.04 Å². The number of carboxylic acid groups (broad SMARTS) is 1. The van der Waals surface area contributed by atoms with Crippen molar-refractivity contribution in [1.82, 2.24) is 5.32 Å². The number of benzene rings is 1. The molecule has 1 saturated heterocycles. The van der Waals surface area contributed by atoms with Crippen LogP contribution in [0.4, 0.5) is 0 Å². The second kappa shape index (κ2) is 5.15. The fourth-order valence-electron chi connectivity index (χ4n) is 2.49. The zero-order chi connectivity index (χ0) is 13.2. The predicted octanol–water partition coefficient (Wildman–Crippen LogP) is 2.95. The second-order valence-electron chi connectivity index (χ2n) is 4.84. The maximum Gasteiger partial charge on any atom is 0.320 e. The number of thiophene rings is 1. The minimum atomic E-state index is -0.748. The smallest absolute Gasteiger partial charge is 0.320 e. The van der Waals surface area contributed by atoms with Crippen molar-refractivity contribution in [1.29, 1.82) is 0 Å². The van der Waals surface area contributed by atoms with Gasteiger partial charge in [0.05, 0.1) is 0 Å². The first kappa shape index (κ1) is 12.4. The van der Waals surface area contributed by atoms with Gasteiger partial charge >= 0.3 is 5.97 Å². The monoisotopic (exact) mass is 273 g/mol. The van der Waals surface area contributed by atoms with Crippen LogP contribution in [0.25, 0.3) is 11.1 Å². The van der Waals surface area contributed by atoms with Gasteiger partial charge in [-0.25, -0.2) is 0 Å². The number of hydrogen-bond acceptors (Lipinski definition) is 3. The summed E-state index contributed by atoms with van der Waals surface area (Å²) < 4.78 is 0. The summed E-state index contributed by atoms with van der Waals surface area (Å²) in [5.74, 6) is -0.425. The van der Waals surface area contributed by atoms with Gasteiger partial charge in [-0.15, -0.1) is 11.3 Å². The molecule has 1 aliphatic heterocycles. The number of nitrogens with one attached hydrogen (secondary N) is 1. The molecule has 2 atom stereocenters. The first-order valence-corrected chi connectivity index (χ1v) is 7.22. The number of carboxylic acids is 1. The quantitative estimate of drug-likeness (QED) is 0.904. The molecule has 98 valence electrons. The molecule has 1 aliphatic rings. The van der Waals surface area contributed by atoms with Crippen LogP contribution in [0.3, 0.4) is 0 Å². The highest BCUT2D eigenvalue weighted by Crippen LogP contribution is 2.34. The third-order valence-electron chi connectivity index (χ3n) is 3.56. The van der Waals surface area contributed by atoms with E-state index in [0.29, 0.717) is 12.3 Å². The zero-order valence-corrected chi connectivity index (χ0v) is 11.2. The molecule has 0 saturated carbocycles. The van der Waals surface area contributed by atoms with E-state index in [1.807, 2.05) is 18.2 Å². The highest BCUT2D eigenvalue weighted by molar-refractivity contribution is 7.10. The molecule has 2 heterocycles. The van der Waals surface area contributed by atoms with E-state index in [9.17, 15) is 4.79 Å². The molecular weight excluding hydrogens is 258 g/mol. The van der Waals surface area contributed by atoms with Crippen LogP contribution in [0.2, 0.25) is 0 Å². The molecule has 2 N–H and O–H groups in total. The summed E-state index contributed by atoms with van der Waals surface area (Å²) in [7, 11) is 0. The molecule has 0 unspecified atom stereocenters. The maximum absolute atomic E-state index is 10.9. The summed E-state index contributed by atoms with van der Waals surface area (Å²) in [6.07, 6.45) is 0.685. The summed E-state index contributed by atoms with van der Waals surface area (Å²) in [4.78, 5) is 12.2. The number of carbonyl (C=O) groups is 1. The average Bonchev–Trinajstić information content (AvgIpc) is 3.09. The van der Waals surface area contributed by atoms with Gasteiger partial charge < -0.3 is 10.4 Å². The summed E-state index contributed by atoms with van der Waals surface area (Å²) in [5.41, 5.74) is 2.44. The van der Waals surface area contributed by atoms with E-state index in [0.717, 1.165) is 6.54 Å². The highest BCUT2D eigenvalue weighted by atomic mass is 32.1. The third kappa shape index (κ3) is 2.55. The number of hydrogen-bond donors (Lipinski definition) is 2. The Morgan fingerprint density at radius 3 is 2.74 bits per heavy atom. The molecule has 1 fully saturated rings. The van der Waals surface area contributed by atoms with E-state index in [1.165, 1.54) is 16.0 Å². The van der Waals surface area contributed by atoms with Crippen molar-refractivity contribution in [3.63, 3.8) is 0 Å². The van der Waals surface area contributed by atoms with Crippen molar-refractivity contribution in [2.45, 2.75) is 18.4 Å². The molecule has 0 radical (unpaired) electrons. The topological polar surface area (TPSA) is 49.3 Å². The minimum absolute atomic E-state index is 0.323. The normalized spacial score (nSPS) is 22.5. The Labute approximate surface area is 115 Å². The van der Waals surface area contributed by atoms with Crippen molar-refractivity contribution in [2.24, 2.45) is 0 Å². The van der Waals surface area contributed by atoms with Gasteiger partial charge in [-0.2, -0.15) is 0 Å². The molecule has 0 aliphatic carbocycles. The van der Waals surface area contributed by atoms with E-state index in [4.69, 9.17) is 5.11 Å². The standard InChI is InChI=1S/C15H15NO2S/c17-15(18)13-6-11(8-16-13)14-7-12(9-19-14)10-4-2-1-3-5-10/h1-5,7,9,11,13,16H,6,8H2,(H,17,18)/t11-,13-/m0/s1. The van der Waals surface area contributed by atoms with E-state index >= 15 is 0 Å². The molecule has 2 aromatic rings. The van der Waals surface area contributed by atoms with Crippen LogP contribution in [0.5, 0.6) is 0 Å². The number of aliphatic carboxylic acids is 1. The highest BCUT2D eigenvalue weighted by Gasteiger charge is 2.30. The Balaban J connectivity index is 1.78. The van der Waals surface area contributed by atoms with Crippen LogP contribution in [0, 0.1) is 0 Å². The molecular formula is C15H15NO2S. The van der Waals surface area contributed by atoms with Crippen LogP contribution in [-0.2, 0) is 4.79 Å². The Kier molecular flexibility index (Phi) is 3.36. The third-order valence-corrected chi connectivity index (χ3v) is 4.65. The predicted molar refractivity (Wildman–Crippen MR) is 76.5 cm³/mol. The first-order valence-electron chi connectivity index (χ1n) is 6.34. The van der Waals surface area contributed by atoms with Gasteiger partial charge in [0.2, 0.25) is 0 Å². The summed E-state index contributed by atoms with van der Waals surface area (Å²) in [6, 6.07) is 12.1. The van der Waals surface area contributed by atoms with Crippen molar-refractivity contribution < 1.29 is 9.90 Å². The van der Waals surface area contributed by atoms with E-state index in [-0.39, 0.29) is 0 Å². The van der Waals surface area contributed by atoms with E-state index in [1.54, 1.807) is 11.3 Å². The van der Waals surface area contributed by atoms with Gasteiger partial charge in [-0.1, -0.05) is 30.3 Å². The molecule has 0 amide bonds. The molecule has 1 aromatic heterocycles. The van der Waals surface area contributed by atoms with Crippen LogP contribution in [0.1, 0.15) is 17.2 Å². The van der Waals surface area contributed by atoms with Crippen molar-refractivity contribution in [3.8, 4) is 11.1 Å². The Morgan fingerprint density at radius 1 is 1.26 bits per heavy atom. The van der Waals surface area contributed by atoms with Crippen LogP contribution in [-0.4, -0.2) is 23.7 Å². The van der Waals surface area contributed by atoms with E-state index in [2.05, 4.69) is 28.9 Å². The number of rotatable bonds is 3. The maximum atomic E-state index is 10.9. The second-order valence-corrected chi connectivity index (χ2v) is 5.78. The van der Waals surface area contributed by atoms with Crippen molar-refractivity contribution in [2.75, 3.05) is 6.54 Å². The first-order chi connectivity index (χ1) is 9.24. The van der Waals surface area contributed by atoms with Crippen LogP contribution >= 0.6 is 11.3 Å². The van der Waals surface area contributed by atoms with Crippen LogP contribution in [0.15, 0.2) is 41.8 Å². The Morgan fingerprint density at radius 2 is 2.05 bits per heavy atom.